The Bertz CT molecular complexity index is 776. The van der Waals surface area contributed by atoms with Crippen LogP contribution in [0.3, 0.4) is 0 Å². The van der Waals surface area contributed by atoms with Crippen LogP contribution in [-0.2, 0) is 6.42 Å². The molecule has 3 rings (SSSR count). The lowest BCUT2D eigenvalue weighted by Crippen LogP contribution is -2.41. The molecule has 0 spiro atoms. The van der Waals surface area contributed by atoms with Crippen LogP contribution in [0.2, 0.25) is 0 Å². The van der Waals surface area contributed by atoms with Crippen LogP contribution in [0.1, 0.15) is 34.7 Å². The number of carbonyl (C=O) groups excluding carboxylic acids is 1. The maximum absolute atomic E-state index is 12.5. The molecule has 25 heavy (non-hydrogen) atoms. The Morgan fingerprint density at radius 2 is 1.92 bits per heavy atom. The first kappa shape index (κ1) is 17.4. The van der Waals surface area contributed by atoms with Crippen molar-refractivity contribution in [2.75, 3.05) is 13.1 Å². The molecular formula is C20H23NO4. The highest BCUT2D eigenvalue weighted by Crippen LogP contribution is 2.24. The van der Waals surface area contributed by atoms with Crippen molar-refractivity contribution in [3.05, 3.63) is 69.8 Å². The second kappa shape index (κ2) is 7.66. The van der Waals surface area contributed by atoms with Gasteiger partial charge in [0.25, 0.3) is 5.91 Å². The van der Waals surface area contributed by atoms with Crippen LogP contribution < -0.4 is 5.43 Å². The molecule has 0 unspecified atom stereocenters. The van der Waals surface area contributed by atoms with E-state index in [1.54, 1.807) is 11.8 Å². The molecule has 1 amide bonds. The molecule has 1 aliphatic rings. The molecule has 5 heteroatoms. The molecule has 1 aromatic heterocycles. The van der Waals surface area contributed by atoms with E-state index in [9.17, 15) is 14.7 Å². The summed E-state index contributed by atoms with van der Waals surface area (Å²) in [6, 6.07) is 12.5. The highest BCUT2D eigenvalue weighted by Gasteiger charge is 2.29. The minimum atomic E-state index is -0.406. The van der Waals surface area contributed by atoms with Crippen LogP contribution in [0, 0.1) is 12.8 Å². The third kappa shape index (κ3) is 4.37. The second-order valence-electron chi connectivity index (χ2n) is 6.65. The zero-order chi connectivity index (χ0) is 17.8. The maximum Gasteiger partial charge on any atom is 0.289 e. The topological polar surface area (TPSA) is 70.8 Å². The highest BCUT2D eigenvalue weighted by molar-refractivity contribution is 5.91. The van der Waals surface area contributed by atoms with E-state index in [-0.39, 0.29) is 23.0 Å². The third-order valence-electron chi connectivity index (χ3n) is 4.76. The average Bonchev–Trinajstić information content (AvgIpc) is 2.61. The van der Waals surface area contributed by atoms with Crippen LogP contribution in [0.25, 0.3) is 0 Å². The molecule has 1 atom stereocenters. The number of aliphatic hydroxyl groups is 1. The van der Waals surface area contributed by atoms with Crippen molar-refractivity contribution in [2.24, 2.45) is 5.92 Å². The number of nitrogens with zero attached hydrogens (tertiary/aromatic N) is 1. The van der Waals surface area contributed by atoms with Gasteiger partial charge in [-0.25, -0.2) is 0 Å². The molecule has 5 nitrogen and oxygen atoms in total. The quantitative estimate of drug-likeness (QED) is 0.927. The Hall–Kier alpha value is -2.40. The summed E-state index contributed by atoms with van der Waals surface area (Å²) in [5, 5.41) is 10.5. The number of amides is 1. The molecule has 0 radical (unpaired) electrons. The van der Waals surface area contributed by atoms with Crippen LogP contribution in [0.5, 0.6) is 0 Å². The number of hydrogen-bond acceptors (Lipinski definition) is 4. The van der Waals surface area contributed by atoms with Gasteiger partial charge in [0.15, 0.2) is 11.2 Å². The molecule has 0 bridgehead atoms. The van der Waals surface area contributed by atoms with E-state index >= 15 is 0 Å². The van der Waals surface area contributed by atoms with Crippen LogP contribution in [0.4, 0.5) is 0 Å². The zero-order valence-corrected chi connectivity index (χ0v) is 14.4. The van der Waals surface area contributed by atoms with Gasteiger partial charge in [0.1, 0.15) is 5.76 Å². The number of hydrogen-bond donors (Lipinski definition) is 1. The number of benzene rings is 1. The summed E-state index contributed by atoms with van der Waals surface area (Å²) in [5.74, 6) is 0.447. The standard InChI is InChI=1S/C20H23NO4/c1-14-11-17(22)13-19(25-14)20(24)21-9-7-16(8-10-21)18(23)12-15-5-3-2-4-6-15/h2-6,11,13,16,18,23H,7-10,12H2,1H3/t18-/m1/s1. The van der Waals surface area contributed by atoms with Crippen molar-refractivity contribution >= 4 is 5.91 Å². The maximum atomic E-state index is 12.5. The van der Waals surface area contributed by atoms with Gasteiger partial charge < -0.3 is 14.4 Å². The van der Waals surface area contributed by atoms with Gasteiger partial charge in [0.2, 0.25) is 0 Å². The molecular weight excluding hydrogens is 318 g/mol. The Kier molecular flexibility index (Phi) is 5.34. The van der Waals surface area contributed by atoms with Crippen molar-refractivity contribution in [3.8, 4) is 0 Å². The summed E-state index contributed by atoms with van der Waals surface area (Å²) >= 11 is 0. The van der Waals surface area contributed by atoms with Crippen molar-refractivity contribution in [1.82, 2.24) is 4.90 Å². The molecule has 1 saturated heterocycles. The lowest BCUT2D eigenvalue weighted by molar-refractivity contribution is 0.0445. The highest BCUT2D eigenvalue weighted by atomic mass is 16.3. The fourth-order valence-corrected chi connectivity index (χ4v) is 3.37. The fourth-order valence-electron chi connectivity index (χ4n) is 3.37. The molecule has 2 heterocycles. The Morgan fingerprint density at radius 3 is 2.56 bits per heavy atom. The molecule has 1 aromatic carbocycles. The molecule has 1 aliphatic heterocycles. The van der Waals surface area contributed by atoms with E-state index in [1.807, 2.05) is 30.3 Å². The molecule has 2 aromatic rings. The van der Waals surface area contributed by atoms with E-state index in [0.29, 0.717) is 25.3 Å². The average molecular weight is 341 g/mol. The minimum absolute atomic E-state index is 0.0910. The molecule has 0 saturated carbocycles. The predicted octanol–water partition coefficient (Wildman–Crippen LogP) is 2.40. The van der Waals surface area contributed by atoms with E-state index in [4.69, 9.17) is 4.42 Å². The Morgan fingerprint density at radius 1 is 1.24 bits per heavy atom. The number of piperidine rings is 1. The third-order valence-corrected chi connectivity index (χ3v) is 4.76. The van der Waals surface area contributed by atoms with Crippen LogP contribution in [0.15, 0.2) is 51.7 Å². The lowest BCUT2D eigenvalue weighted by Gasteiger charge is -2.34. The molecule has 132 valence electrons. The Labute approximate surface area is 146 Å². The van der Waals surface area contributed by atoms with Gasteiger partial charge in [0.05, 0.1) is 6.10 Å². The fraction of sp³-hybridized carbons (Fsp3) is 0.400. The van der Waals surface area contributed by atoms with Gasteiger partial charge in [-0.3, -0.25) is 9.59 Å². The summed E-state index contributed by atoms with van der Waals surface area (Å²) in [4.78, 5) is 25.7. The molecule has 1 N–H and O–H groups in total. The second-order valence-corrected chi connectivity index (χ2v) is 6.65. The largest absolute Gasteiger partial charge is 0.456 e. The number of aliphatic hydroxyl groups excluding tert-OH is 1. The first-order valence-electron chi connectivity index (χ1n) is 8.66. The summed E-state index contributed by atoms with van der Waals surface area (Å²) in [6.07, 6.45) is 1.72. The monoisotopic (exact) mass is 341 g/mol. The van der Waals surface area contributed by atoms with Gasteiger partial charge in [-0.15, -0.1) is 0 Å². The van der Waals surface area contributed by atoms with E-state index in [1.165, 1.54) is 12.1 Å². The zero-order valence-electron chi connectivity index (χ0n) is 14.4. The number of likely N-dealkylation sites (tertiary alicyclic amines) is 1. The predicted molar refractivity (Wildman–Crippen MR) is 94.5 cm³/mol. The first-order valence-corrected chi connectivity index (χ1v) is 8.66. The van der Waals surface area contributed by atoms with Gasteiger partial charge >= 0.3 is 0 Å². The van der Waals surface area contributed by atoms with Crippen LogP contribution >= 0.6 is 0 Å². The van der Waals surface area contributed by atoms with Crippen LogP contribution in [-0.4, -0.2) is 35.1 Å². The first-order chi connectivity index (χ1) is 12.0. The van der Waals surface area contributed by atoms with E-state index in [0.717, 1.165) is 18.4 Å². The van der Waals surface area contributed by atoms with Gasteiger partial charge in [-0.2, -0.15) is 0 Å². The van der Waals surface area contributed by atoms with Crippen molar-refractivity contribution < 1.29 is 14.3 Å². The summed E-state index contributed by atoms with van der Waals surface area (Å²) < 4.78 is 5.39. The molecule has 1 fully saturated rings. The lowest BCUT2D eigenvalue weighted by atomic mass is 9.88. The normalized spacial score (nSPS) is 16.6. The number of rotatable bonds is 4. The molecule has 0 aliphatic carbocycles. The van der Waals surface area contributed by atoms with Gasteiger partial charge in [-0.1, -0.05) is 30.3 Å². The van der Waals surface area contributed by atoms with Crippen molar-refractivity contribution in [2.45, 2.75) is 32.3 Å². The summed E-state index contributed by atoms with van der Waals surface area (Å²) in [7, 11) is 0. The van der Waals surface area contributed by atoms with Crippen molar-refractivity contribution in [1.29, 1.82) is 0 Å². The van der Waals surface area contributed by atoms with E-state index < -0.39 is 6.10 Å². The SMILES string of the molecule is Cc1cc(=O)cc(C(=O)N2CCC([C@H](O)Cc3ccccc3)CC2)o1. The van der Waals surface area contributed by atoms with Gasteiger partial charge in [0, 0.05) is 25.2 Å². The number of aryl methyl sites for hydroxylation is 1. The van der Waals surface area contributed by atoms with Crippen molar-refractivity contribution in [3.63, 3.8) is 0 Å². The Balaban J connectivity index is 1.57. The van der Waals surface area contributed by atoms with E-state index in [2.05, 4.69) is 0 Å². The number of carbonyl (C=O) groups is 1. The van der Waals surface area contributed by atoms with Gasteiger partial charge in [-0.05, 0) is 37.7 Å². The summed E-state index contributed by atoms with van der Waals surface area (Å²) in [5.41, 5.74) is 0.898. The smallest absolute Gasteiger partial charge is 0.289 e. The minimum Gasteiger partial charge on any atom is -0.456 e. The summed E-state index contributed by atoms with van der Waals surface area (Å²) in [6.45, 7) is 2.78.